The summed E-state index contributed by atoms with van der Waals surface area (Å²) in [5.74, 6) is 1.49. The number of hydrogen-bond donors (Lipinski definition) is 1. The Bertz CT molecular complexity index is 503. The van der Waals surface area contributed by atoms with Gasteiger partial charge in [0.25, 0.3) is 0 Å². The molecule has 6 nitrogen and oxygen atoms in total. The number of nitrogens with two attached hydrogens (primary N) is 1. The van der Waals surface area contributed by atoms with Gasteiger partial charge in [0.1, 0.15) is 11.5 Å². The molecule has 2 heterocycles. The van der Waals surface area contributed by atoms with E-state index in [0.29, 0.717) is 17.4 Å². The maximum absolute atomic E-state index is 5.60. The molecule has 16 heavy (non-hydrogen) atoms. The third kappa shape index (κ3) is 1.81. The average molecular weight is 219 g/mol. The Labute approximate surface area is 93.1 Å². The number of ether oxygens (including phenoxy) is 1. The molecule has 0 radical (unpaired) electrons. The summed E-state index contributed by atoms with van der Waals surface area (Å²) >= 11 is 0. The van der Waals surface area contributed by atoms with E-state index >= 15 is 0 Å². The van der Waals surface area contributed by atoms with Crippen molar-refractivity contribution in [2.45, 2.75) is 13.8 Å². The van der Waals surface area contributed by atoms with E-state index in [1.807, 2.05) is 20.9 Å². The summed E-state index contributed by atoms with van der Waals surface area (Å²) in [6.07, 6.45) is 0. The van der Waals surface area contributed by atoms with E-state index in [1.54, 1.807) is 16.8 Å². The molecule has 2 aromatic rings. The fourth-order valence-electron chi connectivity index (χ4n) is 1.39. The highest BCUT2D eigenvalue weighted by Crippen LogP contribution is 2.26. The smallest absolute Gasteiger partial charge is 0.239 e. The summed E-state index contributed by atoms with van der Waals surface area (Å²) in [6, 6.07) is 3.32. The number of rotatable bonds is 2. The van der Waals surface area contributed by atoms with Gasteiger partial charge in [-0.3, -0.25) is 4.68 Å². The zero-order valence-corrected chi connectivity index (χ0v) is 9.43. The molecule has 0 aliphatic heterocycles. The highest BCUT2D eigenvalue weighted by Gasteiger charge is 2.12. The normalized spacial score (nSPS) is 10.4. The van der Waals surface area contributed by atoms with Crippen LogP contribution in [0.25, 0.3) is 0 Å². The molecule has 0 amide bonds. The lowest BCUT2D eigenvalue weighted by atomic mass is 10.3. The van der Waals surface area contributed by atoms with E-state index in [4.69, 9.17) is 10.5 Å². The van der Waals surface area contributed by atoms with Gasteiger partial charge in [-0.25, -0.2) is 0 Å². The first-order chi connectivity index (χ1) is 7.58. The van der Waals surface area contributed by atoms with Gasteiger partial charge in [0.2, 0.25) is 5.88 Å². The first-order valence-electron chi connectivity index (χ1n) is 4.85. The van der Waals surface area contributed by atoms with E-state index in [9.17, 15) is 0 Å². The molecule has 0 spiro atoms. The van der Waals surface area contributed by atoms with Crippen LogP contribution in [0.3, 0.4) is 0 Å². The summed E-state index contributed by atoms with van der Waals surface area (Å²) in [7, 11) is 1.86. The first-order valence-corrected chi connectivity index (χ1v) is 4.85. The predicted octanol–water partition coefficient (Wildman–Crippen LogP) is 1.20. The van der Waals surface area contributed by atoms with Crippen LogP contribution in [-0.4, -0.2) is 20.0 Å². The van der Waals surface area contributed by atoms with Gasteiger partial charge in [-0.2, -0.15) is 5.10 Å². The zero-order chi connectivity index (χ0) is 11.7. The van der Waals surface area contributed by atoms with Crippen molar-refractivity contribution >= 4 is 5.82 Å². The van der Waals surface area contributed by atoms with Crippen molar-refractivity contribution in [1.29, 1.82) is 0 Å². The Kier molecular flexibility index (Phi) is 2.47. The van der Waals surface area contributed by atoms with E-state index in [-0.39, 0.29) is 0 Å². The topological polar surface area (TPSA) is 78.9 Å². The Morgan fingerprint density at radius 2 is 2.00 bits per heavy atom. The average Bonchev–Trinajstić information content (AvgIpc) is 2.48. The second-order valence-electron chi connectivity index (χ2n) is 3.52. The highest BCUT2D eigenvalue weighted by molar-refractivity contribution is 5.36. The van der Waals surface area contributed by atoms with E-state index in [2.05, 4.69) is 15.3 Å². The molecule has 2 N–H and O–H groups in total. The van der Waals surface area contributed by atoms with Crippen LogP contribution < -0.4 is 10.5 Å². The molecule has 0 aliphatic carbocycles. The monoisotopic (exact) mass is 219 g/mol. The second-order valence-corrected chi connectivity index (χ2v) is 3.52. The molecule has 0 saturated carbocycles. The van der Waals surface area contributed by atoms with Gasteiger partial charge in [-0.15, -0.1) is 10.2 Å². The third-order valence-electron chi connectivity index (χ3n) is 2.31. The summed E-state index contributed by atoms with van der Waals surface area (Å²) < 4.78 is 7.36. The summed E-state index contributed by atoms with van der Waals surface area (Å²) in [4.78, 5) is 0. The summed E-state index contributed by atoms with van der Waals surface area (Å²) in [6.45, 7) is 3.81. The SMILES string of the molecule is Cc1nn(C)c(C)c1Oc1ccc(N)nn1. The van der Waals surface area contributed by atoms with Crippen LogP contribution in [0.5, 0.6) is 11.6 Å². The van der Waals surface area contributed by atoms with Crippen LogP contribution in [0.2, 0.25) is 0 Å². The minimum absolute atomic E-state index is 0.368. The molecule has 0 atom stereocenters. The summed E-state index contributed by atoms with van der Waals surface area (Å²) in [5, 5.41) is 11.8. The molecule has 0 aromatic carbocycles. The van der Waals surface area contributed by atoms with Crippen molar-refractivity contribution in [3.63, 3.8) is 0 Å². The maximum Gasteiger partial charge on any atom is 0.239 e. The van der Waals surface area contributed by atoms with Gasteiger partial charge in [0, 0.05) is 13.1 Å². The van der Waals surface area contributed by atoms with Crippen molar-refractivity contribution in [2.75, 3.05) is 5.73 Å². The largest absolute Gasteiger partial charge is 0.434 e. The van der Waals surface area contributed by atoms with Crippen molar-refractivity contribution in [3.05, 3.63) is 23.5 Å². The zero-order valence-electron chi connectivity index (χ0n) is 9.43. The molecule has 0 bridgehead atoms. The fourth-order valence-corrected chi connectivity index (χ4v) is 1.39. The Morgan fingerprint density at radius 1 is 1.25 bits per heavy atom. The Balaban J connectivity index is 2.30. The summed E-state index contributed by atoms with van der Waals surface area (Å²) in [5.41, 5.74) is 7.20. The van der Waals surface area contributed by atoms with Gasteiger partial charge in [0.15, 0.2) is 5.75 Å². The quantitative estimate of drug-likeness (QED) is 0.821. The Morgan fingerprint density at radius 3 is 2.50 bits per heavy atom. The van der Waals surface area contributed by atoms with Crippen LogP contribution in [0.4, 0.5) is 5.82 Å². The van der Waals surface area contributed by atoms with Crippen LogP contribution in [0.15, 0.2) is 12.1 Å². The van der Waals surface area contributed by atoms with Gasteiger partial charge in [0.05, 0.1) is 5.69 Å². The lowest BCUT2D eigenvalue weighted by Gasteiger charge is -2.03. The van der Waals surface area contributed by atoms with Crippen LogP contribution in [-0.2, 0) is 7.05 Å². The van der Waals surface area contributed by atoms with Crippen molar-refractivity contribution in [2.24, 2.45) is 7.05 Å². The molecule has 6 heteroatoms. The molecule has 0 fully saturated rings. The number of anilines is 1. The molecular formula is C10H13N5O. The molecule has 0 saturated heterocycles. The van der Waals surface area contributed by atoms with E-state index in [0.717, 1.165) is 11.4 Å². The molecule has 84 valence electrons. The van der Waals surface area contributed by atoms with Crippen LogP contribution in [0, 0.1) is 13.8 Å². The lowest BCUT2D eigenvalue weighted by Crippen LogP contribution is -1.96. The number of nitrogen functional groups attached to an aromatic ring is 1. The van der Waals surface area contributed by atoms with Crippen molar-refractivity contribution < 1.29 is 4.74 Å². The molecular weight excluding hydrogens is 206 g/mol. The van der Waals surface area contributed by atoms with E-state index < -0.39 is 0 Å². The van der Waals surface area contributed by atoms with Crippen LogP contribution >= 0.6 is 0 Å². The minimum atomic E-state index is 0.368. The minimum Gasteiger partial charge on any atom is -0.434 e. The van der Waals surface area contributed by atoms with Crippen LogP contribution in [0.1, 0.15) is 11.4 Å². The van der Waals surface area contributed by atoms with Gasteiger partial charge in [-0.05, 0) is 19.9 Å². The fraction of sp³-hybridized carbons (Fsp3) is 0.300. The maximum atomic E-state index is 5.60. The molecule has 2 rings (SSSR count). The standard InChI is InChI=1S/C10H13N5O/c1-6-10(7(2)15(3)14-6)16-9-5-4-8(11)12-13-9/h4-5H,1-3H3,(H2,11,12). The first kappa shape index (κ1) is 10.4. The van der Waals surface area contributed by atoms with Gasteiger partial charge >= 0.3 is 0 Å². The molecule has 0 aliphatic rings. The van der Waals surface area contributed by atoms with Crippen molar-refractivity contribution in [3.8, 4) is 11.6 Å². The molecule has 0 unspecified atom stereocenters. The second kappa shape index (κ2) is 3.80. The van der Waals surface area contributed by atoms with Gasteiger partial charge in [-0.1, -0.05) is 0 Å². The molecule has 2 aromatic heterocycles. The van der Waals surface area contributed by atoms with Gasteiger partial charge < -0.3 is 10.5 Å². The number of nitrogens with zero attached hydrogens (tertiary/aromatic N) is 4. The number of hydrogen-bond acceptors (Lipinski definition) is 5. The number of aryl methyl sites for hydroxylation is 2. The lowest BCUT2D eigenvalue weighted by molar-refractivity contribution is 0.448. The van der Waals surface area contributed by atoms with Crippen molar-refractivity contribution in [1.82, 2.24) is 20.0 Å². The third-order valence-corrected chi connectivity index (χ3v) is 2.31. The predicted molar refractivity (Wildman–Crippen MR) is 59.2 cm³/mol. The van der Waals surface area contributed by atoms with E-state index in [1.165, 1.54) is 0 Å². The Hall–Kier alpha value is -2.11. The highest BCUT2D eigenvalue weighted by atomic mass is 16.5. The number of aromatic nitrogens is 4.